The van der Waals surface area contributed by atoms with Crippen molar-refractivity contribution in [1.29, 1.82) is 0 Å². The molecule has 126 valence electrons. The largest absolute Gasteiger partial charge is 0.305 e. The summed E-state index contributed by atoms with van der Waals surface area (Å²) in [6, 6.07) is 0. The van der Waals surface area contributed by atoms with Gasteiger partial charge in [-0.3, -0.25) is 10.1 Å². The molecule has 0 unspecified atom stereocenters. The van der Waals surface area contributed by atoms with Gasteiger partial charge in [-0.15, -0.1) is 31.7 Å². The third-order valence-corrected chi connectivity index (χ3v) is 6.05. The Hall–Kier alpha value is -1.78. The first-order valence-corrected chi connectivity index (χ1v) is 10.00. The smallest absolute Gasteiger partial charge is 0.236 e. The molecule has 0 spiro atoms. The molecule has 3 aromatic rings. The lowest BCUT2D eigenvalue weighted by molar-refractivity contribution is -0.113. The second-order valence-corrected chi connectivity index (χ2v) is 7.84. The standard InChI is InChI=1S/C14H16N6OS3/c1-4-9-8(2)22-5-10(9)12-17-19-14(20(12)3)23-6-11(21)16-13-18-15-7-24-13/h5,7H,4,6H2,1-3H3,(H,16,18,21). The number of amides is 1. The third-order valence-electron chi connectivity index (χ3n) is 3.47. The van der Waals surface area contributed by atoms with Gasteiger partial charge in [-0.1, -0.05) is 30.0 Å². The summed E-state index contributed by atoms with van der Waals surface area (Å²) in [4.78, 5) is 13.2. The van der Waals surface area contributed by atoms with Gasteiger partial charge in [0.2, 0.25) is 11.0 Å². The van der Waals surface area contributed by atoms with E-state index in [1.165, 1.54) is 33.5 Å². The fourth-order valence-corrected chi connectivity index (χ4v) is 4.41. The molecule has 10 heteroatoms. The maximum absolute atomic E-state index is 11.9. The lowest BCUT2D eigenvalue weighted by atomic mass is 10.1. The van der Waals surface area contributed by atoms with Gasteiger partial charge in [0, 0.05) is 22.9 Å². The van der Waals surface area contributed by atoms with Crippen molar-refractivity contribution in [3.8, 4) is 11.4 Å². The van der Waals surface area contributed by atoms with Crippen LogP contribution < -0.4 is 5.32 Å². The predicted molar refractivity (Wildman–Crippen MR) is 97.7 cm³/mol. The van der Waals surface area contributed by atoms with Crippen LogP contribution in [0.5, 0.6) is 0 Å². The van der Waals surface area contributed by atoms with Crippen LogP contribution in [0.1, 0.15) is 17.4 Å². The lowest BCUT2D eigenvalue weighted by Crippen LogP contribution is -2.14. The minimum absolute atomic E-state index is 0.137. The molecule has 0 radical (unpaired) electrons. The van der Waals surface area contributed by atoms with Gasteiger partial charge in [0.25, 0.3) is 0 Å². The quantitative estimate of drug-likeness (QED) is 0.662. The Morgan fingerprint density at radius 1 is 1.33 bits per heavy atom. The van der Waals surface area contributed by atoms with E-state index in [0.717, 1.165) is 17.8 Å². The van der Waals surface area contributed by atoms with Crippen molar-refractivity contribution in [2.75, 3.05) is 11.1 Å². The molecular formula is C14H16N6OS3. The van der Waals surface area contributed by atoms with Crippen molar-refractivity contribution in [1.82, 2.24) is 25.0 Å². The first-order valence-electron chi connectivity index (χ1n) is 7.25. The number of anilines is 1. The summed E-state index contributed by atoms with van der Waals surface area (Å²) in [5, 5.41) is 22.0. The molecule has 0 aromatic carbocycles. The molecule has 24 heavy (non-hydrogen) atoms. The van der Waals surface area contributed by atoms with Crippen molar-refractivity contribution in [3.63, 3.8) is 0 Å². The van der Waals surface area contributed by atoms with Gasteiger partial charge >= 0.3 is 0 Å². The summed E-state index contributed by atoms with van der Waals surface area (Å²) in [7, 11) is 1.92. The zero-order valence-corrected chi connectivity index (χ0v) is 15.9. The number of rotatable bonds is 6. The van der Waals surface area contributed by atoms with Crippen molar-refractivity contribution >= 4 is 45.5 Å². The summed E-state index contributed by atoms with van der Waals surface area (Å²) in [5.41, 5.74) is 4.01. The number of nitrogens with zero attached hydrogens (tertiary/aromatic N) is 5. The predicted octanol–water partition coefficient (Wildman–Crippen LogP) is 3.00. The molecule has 0 fully saturated rings. The van der Waals surface area contributed by atoms with Crippen LogP contribution in [0.3, 0.4) is 0 Å². The highest BCUT2D eigenvalue weighted by Crippen LogP contribution is 2.31. The van der Waals surface area contributed by atoms with Gasteiger partial charge in [-0.2, -0.15) is 0 Å². The van der Waals surface area contributed by atoms with Gasteiger partial charge in [0.15, 0.2) is 11.0 Å². The normalized spacial score (nSPS) is 11.0. The van der Waals surface area contributed by atoms with E-state index in [-0.39, 0.29) is 11.7 Å². The van der Waals surface area contributed by atoms with E-state index in [2.05, 4.69) is 44.9 Å². The minimum Gasteiger partial charge on any atom is -0.305 e. The Morgan fingerprint density at radius 3 is 2.88 bits per heavy atom. The second-order valence-electron chi connectivity index (χ2n) is 4.98. The number of carbonyl (C=O) groups is 1. The average Bonchev–Trinajstić information content (AvgIpc) is 3.27. The van der Waals surface area contributed by atoms with Crippen LogP contribution in [-0.4, -0.2) is 36.6 Å². The summed E-state index contributed by atoms with van der Waals surface area (Å²) in [6.45, 7) is 4.26. The van der Waals surface area contributed by atoms with E-state index in [0.29, 0.717) is 10.3 Å². The van der Waals surface area contributed by atoms with Gasteiger partial charge in [-0.05, 0) is 18.9 Å². The zero-order chi connectivity index (χ0) is 17.1. The molecule has 1 N–H and O–H groups in total. The van der Waals surface area contributed by atoms with E-state index in [9.17, 15) is 4.79 Å². The Labute approximate surface area is 151 Å². The number of aryl methyl sites for hydroxylation is 1. The van der Waals surface area contributed by atoms with E-state index in [1.807, 2.05) is 11.6 Å². The number of aromatic nitrogens is 5. The van der Waals surface area contributed by atoms with Crippen molar-refractivity contribution < 1.29 is 4.79 Å². The summed E-state index contributed by atoms with van der Waals surface area (Å²) in [6.07, 6.45) is 0.963. The number of thiophene rings is 1. The van der Waals surface area contributed by atoms with Crippen LogP contribution >= 0.6 is 34.4 Å². The summed E-state index contributed by atoms with van der Waals surface area (Å²) in [5.74, 6) is 0.944. The lowest BCUT2D eigenvalue weighted by Gasteiger charge is -2.05. The Morgan fingerprint density at radius 2 is 2.17 bits per heavy atom. The third kappa shape index (κ3) is 3.50. The van der Waals surface area contributed by atoms with Crippen molar-refractivity contribution in [2.24, 2.45) is 7.05 Å². The Balaban J connectivity index is 1.70. The van der Waals surface area contributed by atoms with Crippen LogP contribution in [0.2, 0.25) is 0 Å². The van der Waals surface area contributed by atoms with Crippen LogP contribution in [0.25, 0.3) is 11.4 Å². The van der Waals surface area contributed by atoms with Gasteiger partial charge < -0.3 is 4.57 Å². The number of hydrogen-bond donors (Lipinski definition) is 1. The monoisotopic (exact) mass is 380 g/mol. The minimum atomic E-state index is -0.137. The Bertz CT molecular complexity index is 839. The second kappa shape index (κ2) is 7.41. The molecule has 0 saturated carbocycles. The van der Waals surface area contributed by atoms with Crippen LogP contribution in [0.15, 0.2) is 16.0 Å². The molecule has 0 aliphatic rings. The number of hydrogen-bond acceptors (Lipinski definition) is 8. The topological polar surface area (TPSA) is 85.6 Å². The van der Waals surface area contributed by atoms with Crippen LogP contribution in [-0.2, 0) is 18.3 Å². The van der Waals surface area contributed by atoms with E-state index in [1.54, 1.807) is 16.8 Å². The van der Waals surface area contributed by atoms with E-state index >= 15 is 0 Å². The highest BCUT2D eigenvalue weighted by Gasteiger charge is 2.17. The molecule has 0 atom stereocenters. The molecule has 0 aliphatic carbocycles. The van der Waals surface area contributed by atoms with Crippen LogP contribution in [0, 0.1) is 6.92 Å². The molecule has 3 heterocycles. The van der Waals surface area contributed by atoms with Crippen molar-refractivity contribution in [2.45, 2.75) is 25.4 Å². The first kappa shape index (κ1) is 17.1. The van der Waals surface area contributed by atoms with Gasteiger partial charge in [0.05, 0.1) is 5.75 Å². The highest BCUT2D eigenvalue weighted by molar-refractivity contribution is 7.99. The summed E-state index contributed by atoms with van der Waals surface area (Å²) < 4.78 is 1.93. The van der Waals surface area contributed by atoms with E-state index in [4.69, 9.17) is 0 Å². The molecule has 0 bridgehead atoms. The number of carbonyl (C=O) groups excluding carboxylic acids is 1. The first-order chi connectivity index (χ1) is 11.6. The highest BCUT2D eigenvalue weighted by atomic mass is 32.2. The molecular weight excluding hydrogens is 364 g/mol. The average molecular weight is 381 g/mol. The molecule has 7 nitrogen and oxygen atoms in total. The molecule has 3 rings (SSSR count). The Kier molecular flexibility index (Phi) is 5.27. The molecule has 0 saturated heterocycles. The SMILES string of the molecule is CCc1c(-c2nnc(SCC(=O)Nc3nncs3)n2C)csc1C. The zero-order valence-electron chi connectivity index (χ0n) is 13.4. The maximum Gasteiger partial charge on any atom is 0.236 e. The van der Waals surface area contributed by atoms with Gasteiger partial charge in [-0.25, -0.2) is 0 Å². The van der Waals surface area contributed by atoms with E-state index < -0.39 is 0 Å². The van der Waals surface area contributed by atoms with Crippen molar-refractivity contribution in [3.05, 3.63) is 21.3 Å². The van der Waals surface area contributed by atoms with Crippen LogP contribution in [0.4, 0.5) is 5.13 Å². The molecule has 0 aliphatic heterocycles. The molecule has 1 amide bonds. The fraction of sp³-hybridized carbons (Fsp3) is 0.357. The number of nitrogens with one attached hydrogen (secondary N) is 1. The maximum atomic E-state index is 11.9. The summed E-state index contributed by atoms with van der Waals surface area (Å²) >= 11 is 4.36. The molecule has 3 aromatic heterocycles. The van der Waals surface area contributed by atoms with Gasteiger partial charge in [0.1, 0.15) is 5.51 Å². The number of thioether (sulfide) groups is 1. The fourth-order valence-electron chi connectivity index (χ4n) is 2.29.